The molecule has 0 saturated carbocycles. The number of aromatic nitrogens is 3. The van der Waals surface area contributed by atoms with E-state index in [0.717, 1.165) is 11.1 Å². The van der Waals surface area contributed by atoms with Gasteiger partial charge in [-0.3, -0.25) is 4.79 Å². The predicted octanol–water partition coefficient (Wildman–Crippen LogP) is 4.32. The number of carboxylic acids is 1. The third-order valence-corrected chi connectivity index (χ3v) is 5.28. The second-order valence-corrected chi connectivity index (χ2v) is 7.61. The van der Waals surface area contributed by atoms with Gasteiger partial charge < -0.3 is 10.4 Å². The Kier molecular flexibility index (Phi) is 5.68. The lowest BCUT2D eigenvalue weighted by molar-refractivity contribution is 0.0696. The van der Waals surface area contributed by atoms with E-state index in [-0.39, 0.29) is 17.5 Å². The molecule has 4 rings (SSSR count). The summed E-state index contributed by atoms with van der Waals surface area (Å²) in [6.45, 7) is 2.29. The molecule has 0 unspecified atom stereocenters. The van der Waals surface area contributed by atoms with Crippen LogP contribution >= 0.6 is 11.6 Å². The third kappa shape index (κ3) is 4.41. The zero-order valence-corrected chi connectivity index (χ0v) is 17.4. The van der Waals surface area contributed by atoms with Crippen LogP contribution < -0.4 is 5.32 Å². The monoisotopic (exact) mass is 434 g/mol. The molecule has 0 aliphatic carbocycles. The number of fused-ring (bicyclic) bond motifs is 1. The van der Waals surface area contributed by atoms with Gasteiger partial charge in [0.15, 0.2) is 0 Å². The topological polar surface area (TPSA) is 97.1 Å². The fourth-order valence-electron chi connectivity index (χ4n) is 3.36. The molecule has 1 amide bonds. The maximum absolute atomic E-state index is 13.1. The lowest BCUT2D eigenvalue weighted by atomic mass is 10.1. The summed E-state index contributed by atoms with van der Waals surface area (Å²) in [5.74, 6) is -1.25. The minimum atomic E-state index is -0.989. The summed E-state index contributed by atoms with van der Waals surface area (Å²) in [6, 6.07) is 18.9. The summed E-state index contributed by atoms with van der Waals surface area (Å²) in [4.78, 5) is 24.1. The maximum atomic E-state index is 13.1. The number of carbonyl (C=O) groups excluding carboxylic acids is 1. The molecule has 1 heterocycles. The number of benzene rings is 3. The molecule has 0 aliphatic heterocycles. The van der Waals surface area contributed by atoms with E-state index in [2.05, 4.69) is 15.6 Å². The molecule has 156 valence electrons. The number of amides is 1. The van der Waals surface area contributed by atoms with E-state index in [1.807, 2.05) is 25.1 Å². The highest BCUT2D eigenvalue weighted by atomic mass is 35.5. The van der Waals surface area contributed by atoms with Crippen molar-refractivity contribution in [2.24, 2.45) is 0 Å². The number of carboxylic acid groups (broad SMARTS) is 1. The highest BCUT2D eigenvalue weighted by molar-refractivity contribution is 6.30. The summed E-state index contributed by atoms with van der Waals surface area (Å²) < 4.78 is 1.69. The minimum absolute atomic E-state index is 0.198. The molecule has 0 saturated heterocycles. The third-order valence-electron chi connectivity index (χ3n) is 5.03. The standard InChI is InChI=1S/C23H19ClN4O3/c1-14(16-7-9-17(10-8-16)23(30)31)25-22(29)19-3-2-4-20-21(19)28(27-26-20)13-15-5-11-18(24)12-6-15/h2-12,14H,13H2,1H3,(H,25,29)(H,30,31)/t14-/m0/s1. The lowest BCUT2D eigenvalue weighted by Crippen LogP contribution is -2.27. The largest absolute Gasteiger partial charge is 0.478 e. The van der Waals surface area contributed by atoms with Gasteiger partial charge in [0.2, 0.25) is 0 Å². The number of hydrogen-bond acceptors (Lipinski definition) is 4. The fourth-order valence-corrected chi connectivity index (χ4v) is 3.48. The van der Waals surface area contributed by atoms with Crippen LogP contribution in [0.5, 0.6) is 0 Å². The van der Waals surface area contributed by atoms with Crippen molar-refractivity contribution in [1.82, 2.24) is 20.3 Å². The van der Waals surface area contributed by atoms with Crippen LogP contribution in [-0.2, 0) is 6.54 Å². The summed E-state index contributed by atoms with van der Waals surface area (Å²) in [7, 11) is 0. The van der Waals surface area contributed by atoms with Gasteiger partial charge in [-0.2, -0.15) is 0 Å². The number of nitrogens with one attached hydrogen (secondary N) is 1. The average Bonchev–Trinajstić information content (AvgIpc) is 3.18. The predicted molar refractivity (Wildman–Crippen MR) is 117 cm³/mol. The smallest absolute Gasteiger partial charge is 0.335 e. The highest BCUT2D eigenvalue weighted by Crippen LogP contribution is 2.21. The van der Waals surface area contributed by atoms with E-state index in [0.29, 0.717) is 28.2 Å². The van der Waals surface area contributed by atoms with Crippen LogP contribution in [0.15, 0.2) is 66.7 Å². The van der Waals surface area contributed by atoms with E-state index >= 15 is 0 Å². The minimum Gasteiger partial charge on any atom is -0.478 e. The zero-order valence-electron chi connectivity index (χ0n) is 16.6. The van der Waals surface area contributed by atoms with Crippen LogP contribution in [0.1, 0.15) is 44.8 Å². The zero-order chi connectivity index (χ0) is 22.0. The van der Waals surface area contributed by atoms with Crippen molar-refractivity contribution in [3.63, 3.8) is 0 Å². The van der Waals surface area contributed by atoms with E-state index < -0.39 is 5.97 Å². The van der Waals surface area contributed by atoms with Gasteiger partial charge in [-0.15, -0.1) is 5.10 Å². The van der Waals surface area contributed by atoms with Gasteiger partial charge in [0.25, 0.3) is 5.91 Å². The Morgan fingerprint density at radius 2 is 1.77 bits per heavy atom. The van der Waals surface area contributed by atoms with Crippen molar-refractivity contribution in [3.8, 4) is 0 Å². The van der Waals surface area contributed by atoms with Crippen molar-refractivity contribution >= 4 is 34.5 Å². The Hall–Kier alpha value is -3.71. The first-order valence-electron chi connectivity index (χ1n) is 9.63. The molecule has 1 aromatic heterocycles. The van der Waals surface area contributed by atoms with Crippen molar-refractivity contribution in [2.75, 3.05) is 0 Å². The molecular formula is C23H19ClN4O3. The Morgan fingerprint density at radius 3 is 2.45 bits per heavy atom. The number of halogens is 1. The number of hydrogen-bond donors (Lipinski definition) is 2. The van der Waals surface area contributed by atoms with Crippen molar-refractivity contribution < 1.29 is 14.7 Å². The molecule has 2 N–H and O–H groups in total. The van der Waals surface area contributed by atoms with Gasteiger partial charge in [0.05, 0.1) is 23.7 Å². The Bertz CT molecular complexity index is 1250. The van der Waals surface area contributed by atoms with Crippen molar-refractivity contribution in [1.29, 1.82) is 0 Å². The number of nitrogens with zero attached hydrogens (tertiary/aromatic N) is 3. The van der Waals surface area contributed by atoms with E-state index in [1.54, 1.807) is 41.1 Å². The molecule has 0 spiro atoms. The molecule has 0 radical (unpaired) electrons. The van der Waals surface area contributed by atoms with E-state index in [9.17, 15) is 9.59 Å². The molecule has 0 fully saturated rings. The van der Waals surface area contributed by atoms with Gasteiger partial charge in [-0.1, -0.05) is 47.1 Å². The van der Waals surface area contributed by atoms with Crippen LogP contribution in [0.25, 0.3) is 11.0 Å². The van der Waals surface area contributed by atoms with E-state index in [4.69, 9.17) is 16.7 Å². The molecule has 0 aliphatic rings. The number of aromatic carboxylic acids is 1. The van der Waals surface area contributed by atoms with Gasteiger partial charge in [-0.05, 0) is 54.4 Å². The molecule has 1 atom stereocenters. The Labute approximate surface area is 183 Å². The molecule has 7 nitrogen and oxygen atoms in total. The summed E-state index contributed by atoms with van der Waals surface area (Å²) in [5.41, 5.74) is 3.72. The second-order valence-electron chi connectivity index (χ2n) is 7.17. The first kappa shape index (κ1) is 20.6. The molecule has 4 aromatic rings. The van der Waals surface area contributed by atoms with Gasteiger partial charge >= 0.3 is 5.97 Å². The SMILES string of the molecule is C[C@H](NC(=O)c1cccc2nnn(Cc3ccc(Cl)cc3)c12)c1ccc(C(=O)O)cc1. The maximum Gasteiger partial charge on any atom is 0.335 e. The van der Waals surface area contributed by atoms with Crippen molar-refractivity contribution in [2.45, 2.75) is 19.5 Å². The second kappa shape index (κ2) is 8.57. The summed E-state index contributed by atoms with van der Waals surface area (Å²) in [5, 5.41) is 21.1. The van der Waals surface area contributed by atoms with Crippen LogP contribution in [0.4, 0.5) is 0 Å². The first-order valence-corrected chi connectivity index (χ1v) is 10.0. The quantitative estimate of drug-likeness (QED) is 0.471. The average molecular weight is 435 g/mol. The molecule has 0 bridgehead atoms. The number of carbonyl (C=O) groups is 2. The van der Waals surface area contributed by atoms with Gasteiger partial charge in [-0.25, -0.2) is 9.48 Å². The van der Waals surface area contributed by atoms with Crippen molar-refractivity contribution in [3.05, 3.63) is 94.0 Å². The molecule has 8 heteroatoms. The Balaban J connectivity index is 1.59. The van der Waals surface area contributed by atoms with E-state index in [1.165, 1.54) is 12.1 Å². The molecule has 3 aromatic carbocycles. The summed E-state index contributed by atoms with van der Waals surface area (Å²) in [6.07, 6.45) is 0. The molecular weight excluding hydrogens is 416 g/mol. The molecule has 31 heavy (non-hydrogen) atoms. The van der Waals surface area contributed by atoms with Crippen LogP contribution in [0.2, 0.25) is 5.02 Å². The number of rotatable bonds is 6. The van der Waals surface area contributed by atoms with Gasteiger partial charge in [0.1, 0.15) is 11.0 Å². The van der Waals surface area contributed by atoms with Crippen LogP contribution in [0, 0.1) is 0 Å². The fraction of sp³-hybridized carbons (Fsp3) is 0.130. The summed E-state index contributed by atoms with van der Waals surface area (Å²) >= 11 is 5.96. The highest BCUT2D eigenvalue weighted by Gasteiger charge is 2.18. The van der Waals surface area contributed by atoms with Gasteiger partial charge in [0, 0.05) is 5.02 Å². The number of para-hydroxylation sites is 1. The van der Waals surface area contributed by atoms with Crippen LogP contribution in [-0.4, -0.2) is 32.0 Å². The lowest BCUT2D eigenvalue weighted by Gasteiger charge is -2.15. The van der Waals surface area contributed by atoms with Crippen LogP contribution in [0.3, 0.4) is 0 Å². The first-order chi connectivity index (χ1) is 14.9. The Morgan fingerprint density at radius 1 is 1.06 bits per heavy atom. The normalized spacial score (nSPS) is 11.9.